The number of esters is 2. The van der Waals surface area contributed by atoms with Gasteiger partial charge in [-0.15, -0.1) is 0 Å². The van der Waals surface area contributed by atoms with Crippen molar-refractivity contribution < 1.29 is 28.6 Å². The van der Waals surface area contributed by atoms with E-state index in [9.17, 15) is 14.4 Å². The minimum atomic E-state index is -0.722. The zero-order chi connectivity index (χ0) is 15.5. The molecule has 1 aliphatic rings. The molecule has 0 radical (unpaired) electrons. The Morgan fingerprint density at radius 1 is 0.950 bits per heavy atom. The Morgan fingerprint density at radius 2 is 1.35 bits per heavy atom. The highest BCUT2D eigenvalue weighted by Crippen LogP contribution is 2.27. The van der Waals surface area contributed by atoms with Crippen LogP contribution in [0.25, 0.3) is 0 Å². The molecular weight excluding hydrogens is 266 g/mol. The number of methoxy groups -OCH3 is 2. The second-order valence-corrected chi connectivity index (χ2v) is 5.64. The maximum absolute atomic E-state index is 12.0. The van der Waals surface area contributed by atoms with Gasteiger partial charge in [-0.1, -0.05) is 0 Å². The molecule has 0 unspecified atom stereocenters. The molecule has 1 aliphatic heterocycles. The van der Waals surface area contributed by atoms with E-state index in [0.717, 1.165) is 0 Å². The first kappa shape index (κ1) is 16.3. The predicted molar refractivity (Wildman–Crippen MR) is 68.8 cm³/mol. The molecule has 7 heteroatoms. The van der Waals surface area contributed by atoms with Crippen LogP contribution in [0.3, 0.4) is 0 Å². The summed E-state index contributed by atoms with van der Waals surface area (Å²) in [5.41, 5.74) is -0.638. The Bertz CT molecular complexity index is 376. The monoisotopic (exact) mass is 287 g/mol. The molecular formula is C13H21NO6. The van der Waals surface area contributed by atoms with E-state index in [2.05, 4.69) is 9.47 Å². The van der Waals surface area contributed by atoms with Crippen molar-refractivity contribution in [2.24, 2.45) is 11.8 Å². The summed E-state index contributed by atoms with van der Waals surface area (Å²) in [4.78, 5) is 36.7. The molecule has 0 aliphatic carbocycles. The summed E-state index contributed by atoms with van der Waals surface area (Å²) in [5.74, 6) is -2.52. The maximum atomic E-state index is 12.0. The predicted octanol–water partition coefficient (Wildman–Crippen LogP) is 0.815. The minimum Gasteiger partial charge on any atom is -0.469 e. The molecule has 0 N–H and O–H groups in total. The number of likely N-dealkylation sites (tertiary alicyclic amines) is 1. The average molecular weight is 287 g/mol. The van der Waals surface area contributed by atoms with E-state index in [1.165, 1.54) is 19.1 Å². The fourth-order valence-electron chi connectivity index (χ4n) is 2.06. The second-order valence-electron chi connectivity index (χ2n) is 5.64. The van der Waals surface area contributed by atoms with E-state index in [0.29, 0.717) is 0 Å². The third-order valence-corrected chi connectivity index (χ3v) is 2.98. The molecule has 1 amide bonds. The van der Waals surface area contributed by atoms with Crippen molar-refractivity contribution in [3.63, 3.8) is 0 Å². The summed E-state index contributed by atoms with van der Waals surface area (Å²) in [6.45, 7) is 5.41. The van der Waals surface area contributed by atoms with Crippen LogP contribution in [0.5, 0.6) is 0 Å². The van der Waals surface area contributed by atoms with Crippen molar-refractivity contribution in [2.45, 2.75) is 26.4 Å². The normalized spacial score (nSPS) is 22.4. The standard InChI is InChI=1S/C13H21NO6/c1-13(2,3)20-12(17)14-6-8(10(15)18-4)9(7-14)11(16)19-5/h8-9H,6-7H2,1-5H3/t8-,9-/m1/s1. The molecule has 0 bridgehead atoms. The molecule has 7 nitrogen and oxygen atoms in total. The first-order chi connectivity index (χ1) is 9.19. The van der Waals surface area contributed by atoms with Crippen molar-refractivity contribution in [1.29, 1.82) is 0 Å². The van der Waals surface area contributed by atoms with Gasteiger partial charge in [-0.05, 0) is 20.8 Å². The number of nitrogens with zero attached hydrogens (tertiary/aromatic N) is 1. The smallest absolute Gasteiger partial charge is 0.410 e. The number of carbonyl (C=O) groups is 3. The van der Waals surface area contributed by atoms with Gasteiger partial charge in [-0.3, -0.25) is 9.59 Å². The summed E-state index contributed by atoms with van der Waals surface area (Å²) >= 11 is 0. The summed E-state index contributed by atoms with van der Waals surface area (Å²) < 4.78 is 14.6. The number of rotatable bonds is 2. The maximum Gasteiger partial charge on any atom is 0.410 e. The lowest BCUT2D eigenvalue weighted by atomic mass is 9.96. The van der Waals surface area contributed by atoms with Crippen LogP contribution in [0.4, 0.5) is 4.79 Å². The molecule has 1 fully saturated rings. The van der Waals surface area contributed by atoms with E-state index in [1.807, 2.05) is 0 Å². The van der Waals surface area contributed by atoms with Gasteiger partial charge in [-0.25, -0.2) is 4.79 Å². The molecule has 1 heterocycles. The minimum absolute atomic E-state index is 0.0847. The lowest BCUT2D eigenvalue weighted by Crippen LogP contribution is -2.36. The zero-order valence-corrected chi connectivity index (χ0v) is 12.5. The summed E-state index contributed by atoms with van der Waals surface area (Å²) in [6.07, 6.45) is -0.558. The quantitative estimate of drug-likeness (QED) is 0.552. The van der Waals surface area contributed by atoms with Crippen LogP contribution in [-0.4, -0.2) is 55.8 Å². The highest BCUT2D eigenvalue weighted by atomic mass is 16.6. The number of carbonyl (C=O) groups excluding carboxylic acids is 3. The molecule has 0 spiro atoms. The summed E-state index contributed by atoms with van der Waals surface area (Å²) in [7, 11) is 2.49. The Morgan fingerprint density at radius 3 is 1.65 bits per heavy atom. The van der Waals surface area contributed by atoms with Gasteiger partial charge in [-0.2, -0.15) is 0 Å². The number of hydrogen-bond acceptors (Lipinski definition) is 6. The largest absolute Gasteiger partial charge is 0.469 e. The van der Waals surface area contributed by atoms with Gasteiger partial charge in [0.25, 0.3) is 0 Å². The highest BCUT2D eigenvalue weighted by Gasteiger charge is 2.45. The number of hydrogen-bond donors (Lipinski definition) is 0. The molecule has 1 rings (SSSR count). The Balaban J connectivity index is 2.82. The second kappa shape index (κ2) is 6.11. The van der Waals surface area contributed by atoms with Crippen molar-refractivity contribution in [3.8, 4) is 0 Å². The molecule has 1 saturated heterocycles. The Kier molecular flexibility index (Phi) is 4.97. The SMILES string of the molecule is COC(=O)[C@@H]1CN(C(=O)OC(C)(C)C)C[C@H]1C(=O)OC. The van der Waals surface area contributed by atoms with Gasteiger partial charge in [0.15, 0.2) is 0 Å². The van der Waals surface area contributed by atoms with E-state index in [4.69, 9.17) is 4.74 Å². The molecule has 0 aromatic heterocycles. The Hall–Kier alpha value is -1.79. The van der Waals surface area contributed by atoms with Gasteiger partial charge in [0.2, 0.25) is 0 Å². The Labute approximate surface area is 118 Å². The van der Waals surface area contributed by atoms with Crippen LogP contribution in [-0.2, 0) is 23.8 Å². The van der Waals surface area contributed by atoms with Gasteiger partial charge >= 0.3 is 18.0 Å². The van der Waals surface area contributed by atoms with E-state index >= 15 is 0 Å². The van der Waals surface area contributed by atoms with Crippen molar-refractivity contribution in [3.05, 3.63) is 0 Å². The molecule has 0 saturated carbocycles. The fourth-order valence-corrected chi connectivity index (χ4v) is 2.06. The molecule has 20 heavy (non-hydrogen) atoms. The first-order valence-electron chi connectivity index (χ1n) is 6.33. The van der Waals surface area contributed by atoms with E-state index in [-0.39, 0.29) is 13.1 Å². The molecule has 0 aromatic carbocycles. The molecule has 114 valence electrons. The fraction of sp³-hybridized carbons (Fsp3) is 0.769. The molecule has 0 aromatic rings. The van der Waals surface area contributed by atoms with Crippen LogP contribution in [0, 0.1) is 11.8 Å². The van der Waals surface area contributed by atoms with E-state index in [1.54, 1.807) is 20.8 Å². The lowest BCUT2D eigenvalue weighted by molar-refractivity contribution is -0.155. The lowest BCUT2D eigenvalue weighted by Gasteiger charge is -2.24. The highest BCUT2D eigenvalue weighted by molar-refractivity contribution is 5.84. The van der Waals surface area contributed by atoms with Gasteiger partial charge in [0.1, 0.15) is 5.60 Å². The third-order valence-electron chi connectivity index (χ3n) is 2.98. The average Bonchev–Trinajstić information content (AvgIpc) is 2.80. The zero-order valence-electron chi connectivity index (χ0n) is 12.5. The van der Waals surface area contributed by atoms with Crippen LogP contribution in [0.2, 0.25) is 0 Å². The van der Waals surface area contributed by atoms with Crippen LogP contribution >= 0.6 is 0 Å². The van der Waals surface area contributed by atoms with Gasteiger partial charge < -0.3 is 19.1 Å². The van der Waals surface area contributed by atoms with Crippen molar-refractivity contribution in [1.82, 2.24) is 4.90 Å². The third kappa shape index (κ3) is 3.85. The van der Waals surface area contributed by atoms with Gasteiger partial charge in [0, 0.05) is 13.1 Å². The van der Waals surface area contributed by atoms with Crippen LogP contribution in [0.1, 0.15) is 20.8 Å². The van der Waals surface area contributed by atoms with Gasteiger partial charge in [0.05, 0.1) is 26.1 Å². The van der Waals surface area contributed by atoms with E-state index < -0.39 is 35.5 Å². The molecule has 2 atom stereocenters. The first-order valence-corrected chi connectivity index (χ1v) is 6.33. The van der Waals surface area contributed by atoms with Crippen LogP contribution < -0.4 is 0 Å². The van der Waals surface area contributed by atoms with Crippen molar-refractivity contribution >= 4 is 18.0 Å². The number of ether oxygens (including phenoxy) is 3. The topological polar surface area (TPSA) is 82.1 Å². The van der Waals surface area contributed by atoms with Crippen molar-refractivity contribution in [2.75, 3.05) is 27.3 Å². The summed E-state index contributed by atoms with van der Waals surface area (Å²) in [5, 5.41) is 0. The van der Waals surface area contributed by atoms with Crippen LogP contribution in [0.15, 0.2) is 0 Å². The summed E-state index contributed by atoms with van der Waals surface area (Å²) in [6, 6.07) is 0. The number of amides is 1.